The smallest absolute Gasteiger partial charge is 0.237 e. The minimum Gasteiger partial charge on any atom is -0.354 e. The van der Waals surface area contributed by atoms with Crippen LogP contribution in [-0.2, 0) is 4.79 Å². The Kier molecular flexibility index (Phi) is 5.67. The lowest BCUT2D eigenvalue weighted by molar-refractivity contribution is -0.130. The second-order valence-electron chi connectivity index (χ2n) is 7.87. The zero-order valence-electron chi connectivity index (χ0n) is 14.3. The minimum atomic E-state index is 0.0741. The molecule has 4 nitrogen and oxygen atoms in total. The second kappa shape index (κ2) is 7.10. The Morgan fingerprint density at radius 3 is 2.38 bits per heavy atom. The van der Waals surface area contributed by atoms with Gasteiger partial charge in [0, 0.05) is 12.1 Å². The van der Waals surface area contributed by atoms with Gasteiger partial charge in [-0.05, 0) is 79.1 Å². The van der Waals surface area contributed by atoms with E-state index in [0.717, 1.165) is 32.6 Å². The largest absolute Gasteiger partial charge is 0.354 e. The summed E-state index contributed by atoms with van der Waals surface area (Å²) in [6.45, 7) is 10.9. The lowest BCUT2D eigenvalue weighted by atomic mass is 9.93. The zero-order valence-corrected chi connectivity index (χ0v) is 14.3. The molecule has 2 aliphatic rings. The third-order valence-corrected chi connectivity index (χ3v) is 5.07. The van der Waals surface area contributed by atoms with Crippen LogP contribution in [0.15, 0.2) is 0 Å². The van der Waals surface area contributed by atoms with Gasteiger partial charge in [-0.25, -0.2) is 0 Å². The van der Waals surface area contributed by atoms with Crippen LogP contribution in [0.3, 0.4) is 0 Å². The molecule has 4 heteroatoms. The van der Waals surface area contributed by atoms with Crippen LogP contribution in [0.2, 0.25) is 0 Å². The number of piperidine rings is 2. The van der Waals surface area contributed by atoms with Gasteiger partial charge in [-0.3, -0.25) is 9.69 Å². The second-order valence-corrected chi connectivity index (χ2v) is 7.87. The first kappa shape index (κ1) is 16.8. The molecule has 2 heterocycles. The van der Waals surface area contributed by atoms with E-state index in [4.69, 9.17) is 0 Å². The van der Waals surface area contributed by atoms with Crippen molar-refractivity contribution >= 4 is 5.91 Å². The van der Waals surface area contributed by atoms with Crippen molar-refractivity contribution in [3.8, 4) is 0 Å². The maximum atomic E-state index is 12.6. The zero-order chi connectivity index (χ0) is 15.5. The summed E-state index contributed by atoms with van der Waals surface area (Å²) in [5.41, 5.74) is 0.0793. The van der Waals surface area contributed by atoms with Gasteiger partial charge in [0.25, 0.3) is 0 Å². The number of hydrogen-bond donors (Lipinski definition) is 1. The Bertz CT molecular complexity index is 342. The summed E-state index contributed by atoms with van der Waals surface area (Å²) in [4.78, 5) is 17.4. The highest BCUT2D eigenvalue weighted by molar-refractivity contribution is 5.81. The molecule has 1 amide bonds. The first-order valence-electron chi connectivity index (χ1n) is 8.61. The molecule has 0 aliphatic carbocycles. The molecule has 0 saturated carbocycles. The van der Waals surface area contributed by atoms with Gasteiger partial charge < -0.3 is 10.2 Å². The van der Waals surface area contributed by atoms with E-state index >= 15 is 0 Å². The van der Waals surface area contributed by atoms with Crippen molar-refractivity contribution in [1.82, 2.24) is 15.1 Å². The molecule has 0 spiro atoms. The van der Waals surface area contributed by atoms with Crippen LogP contribution in [-0.4, -0.2) is 60.5 Å². The molecule has 2 rings (SSSR count). The molecule has 122 valence electrons. The topological polar surface area (TPSA) is 35.6 Å². The first-order chi connectivity index (χ1) is 9.88. The summed E-state index contributed by atoms with van der Waals surface area (Å²) in [6, 6.07) is 0.0741. The highest BCUT2D eigenvalue weighted by Crippen LogP contribution is 2.25. The molecule has 0 aromatic heterocycles. The average molecular weight is 295 g/mol. The predicted octanol–water partition coefficient (Wildman–Crippen LogP) is 2.10. The molecule has 1 N–H and O–H groups in total. The molecule has 21 heavy (non-hydrogen) atoms. The fourth-order valence-corrected chi connectivity index (χ4v) is 3.64. The third-order valence-electron chi connectivity index (χ3n) is 5.07. The Labute approximate surface area is 130 Å². The molecule has 2 saturated heterocycles. The predicted molar refractivity (Wildman–Crippen MR) is 87.3 cm³/mol. The summed E-state index contributed by atoms with van der Waals surface area (Å²) < 4.78 is 0. The molecule has 1 unspecified atom stereocenters. The van der Waals surface area contributed by atoms with Crippen molar-refractivity contribution in [2.75, 3.05) is 33.2 Å². The summed E-state index contributed by atoms with van der Waals surface area (Å²) in [7, 11) is 2.18. The highest BCUT2D eigenvalue weighted by atomic mass is 16.2. The molecular formula is C17H33N3O. The van der Waals surface area contributed by atoms with Gasteiger partial charge in [-0.15, -0.1) is 0 Å². The van der Waals surface area contributed by atoms with Gasteiger partial charge >= 0.3 is 0 Å². The quantitative estimate of drug-likeness (QED) is 0.866. The maximum absolute atomic E-state index is 12.6. The number of likely N-dealkylation sites (tertiary alicyclic amines) is 2. The summed E-state index contributed by atoms with van der Waals surface area (Å²) in [5.74, 6) is 0.917. The summed E-state index contributed by atoms with van der Waals surface area (Å²) >= 11 is 0. The number of amides is 1. The van der Waals surface area contributed by atoms with Gasteiger partial charge in [0.15, 0.2) is 0 Å². The van der Waals surface area contributed by atoms with Crippen LogP contribution in [0.5, 0.6) is 0 Å². The Balaban J connectivity index is 1.83. The van der Waals surface area contributed by atoms with Crippen LogP contribution in [0, 0.1) is 5.92 Å². The number of nitrogens with zero attached hydrogens (tertiary/aromatic N) is 2. The molecular weight excluding hydrogens is 262 g/mol. The van der Waals surface area contributed by atoms with Gasteiger partial charge in [0.1, 0.15) is 0 Å². The fraction of sp³-hybridized carbons (Fsp3) is 0.941. The highest BCUT2D eigenvalue weighted by Gasteiger charge is 2.35. The van der Waals surface area contributed by atoms with E-state index in [2.05, 4.69) is 42.9 Å². The molecule has 0 radical (unpaired) electrons. The normalized spacial score (nSPS) is 26.8. The number of hydrogen-bond acceptors (Lipinski definition) is 3. The summed E-state index contributed by atoms with van der Waals surface area (Å²) in [6.07, 6.45) is 5.83. The lowest BCUT2D eigenvalue weighted by Crippen LogP contribution is -2.57. The van der Waals surface area contributed by atoms with Crippen LogP contribution in [0.1, 0.15) is 52.9 Å². The van der Waals surface area contributed by atoms with Crippen molar-refractivity contribution in [3.05, 3.63) is 0 Å². The number of rotatable bonds is 3. The monoisotopic (exact) mass is 295 g/mol. The van der Waals surface area contributed by atoms with Crippen LogP contribution in [0.4, 0.5) is 0 Å². The van der Waals surface area contributed by atoms with Crippen molar-refractivity contribution in [2.24, 2.45) is 5.92 Å². The van der Waals surface area contributed by atoms with Crippen molar-refractivity contribution in [2.45, 2.75) is 64.5 Å². The molecule has 2 aliphatic heterocycles. The minimum absolute atomic E-state index is 0.0741. The van der Waals surface area contributed by atoms with E-state index in [0.29, 0.717) is 5.92 Å². The lowest BCUT2D eigenvalue weighted by Gasteiger charge is -2.43. The van der Waals surface area contributed by atoms with E-state index in [1.165, 1.54) is 25.7 Å². The van der Waals surface area contributed by atoms with Gasteiger partial charge in [-0.2, -0.15) is 0 Å². The number of carbonyl (C=O) groups excluding carboxylic acids is 1. The van der Waals surface area contributed by atoms with E-state index < -0.39 is 0 Å². The third kappa shape index (κ3) is 4.68. The Hall–Kier alpha value is -0.610. The maximum Gasteiger partial charge on any atom is 0.237 e. The van der Waals surface area contributed by atoms with Gasteiger partial charge in [-0.1, -0.05) is 6.42 Å². The standard InChI is InChI=1S/C17H33N3O/c1-17(2,3)20-10-6-5-7-15(20)16(21)18-13-14-8-11-19(4)12-9-14/h14-15H,5-13H2,1-4H3,(H,18,21). The molecule has 2 fully saturated rings. The van der Waals surface area contributed by atoms with Crippen LogP contribution < -0.4 is 5.32 Å². The van der Waals surface area contributed by atoms with E-state index in [-0.39, 0.29) is 17.5 Å². The van der Waals surface area contributed by atoms with Gasteiger partial charge in [0.2, 0.25) is 5.91 Å². The van der Waals surface area contributed by atoms with E-state index in [1.807, 2.05) is 0 Å². The fourth-order valence-electron chi connectivity index (χ4n) is 3.64. The van der Waals surface area contributed by atoms with Crippen molar-refractivity contribution < 1.29 is 4.79 Å². The molecule has 0 aromatic carbocycles. The van der Waals surface area contributed by atoms with E-state index in [1.54, 1.807) is 0 Å². The first-order valence-corrected chi connectivity index (χ1v) is 8.61. The van der Waals surface area contributed by atoms with Gasteiger partial charge in [0.05, 0.1) is 6.04 Å². The summed E-state index contributed by atoms with van der Waals surface area (Å²) in [5, 5.41) is 3.24. The van der Waals surface area contributed by atoms with Crippen molar-refractivity contribution in [1.29, 1.82) is 0 Å². The molecule has 1 atom stereocenters. The van der Waals surface area contributed by atoms with Crippen molar-refractivity contribution in [3.63, 3.8) is 0 Å². The Morgan fingerprint density at radius 1 is 1.10 bits per heavy atom. The number of carbonyl (C=O) groups is 1. The number of nitrogens with one attached hydrogen (secondary N) is 1. The van der Waals surface area contributed by atoms with E-state index in [9.17, 15) is 4.79 Å². The SMILES string of the molecule is CN1CCC(CNC(=O)C2CCCCN2C(C)(C)C)CC1. The van der Waals surface area contributed by atoms with Crippen LogP contribution >= 0.6 is 0 Å². The van der Waals surface area contributed by atoms with Crippen LogP contribution in [0.25, 0.3) is 0 Å². The average Bonchev–Trinajstić information content (AvgIpc) is 2.45. The molecule has 0 aromatic rings. The Morgan fingerprint density at radius 2 is 1.76 bits per heavy atom. The molecule has 0 bridgehead atoms.